The quantitative estimate of drug-likeness (QED) is 0.596. The van der Waals surface area contributed by atoms with E-state index in [1.165, 1.54) is 11.1 Å². The molecule has 1 rings (SSSR count). The Bertz CT molecular complexity index is 339. The predicted molar refractivity (Wildman–Crippen MR) is 58.4 cm³/mol. The first-order chi connectivity index (χ1) is 6.29. The molecule has 0 fully saturated rings. The molecule has 0 saturated heterocycles. The van der Waals surface area contributed by atoms with Crippen LogP contribution in [-0.4, -0.2) is 0 Å². The molecule has 66 valence electrons. The van der Waals surface area contributed by atoms with Crippen LogP contribution in [0.1, 0.15) is 30.9 Å². The van der Waals surface area contributed by atoms with Crippen LogP contribution < -0.4 is 0 Å². The molecule has 13 heavy (non-hydrogen) atoms. The fraction of sp³-hybridized carbons (Fsp3) is 0.231. The van der Waals surface area contributed by atoms with Crippen molar-refractivity contribution in [1.82, 2.24) is 0 Å². The first kappa shape index (κ1) is 9.61. The summed E-state index contributed by atoms with van der Waals surface area (Å²) in [6.45, 7) is 4.06. The Morgan fingerprint density at radius 1 is 1.38 bits per heavy atom. The smallest absolute Gasteiger partial charge is 0.0427 e. The Balaban J connectivity index is 3.13. The van der Waals surface area contributed by atoms with Crippen LogP contribution in [0, 0.1) is 12.3 Å². The van der Waals surface area contributed by atoms with Gasteiger partial charge in [-0.1, -0.05) is 42.3 Å². The monoisotopic (exact) mass is 170 g/mol. The molecule has 0 amide bonds. The molecule has 0 spiro atoms. The lowest BCUT2D eigenvalue weighted by Crippen LogP contribution is -1.92. The first-order valence-electron chi connectivity index (χ1n) is 4.47. The average molecular weight is 170 g/mol. The Kier molecular flexibility index (Phi) is 3.34. The van der Waals surface area contributed by atoms with Gasteiger partial charge in [-0.05, 0) is 25.0 Å². The van der Waals surface area contributed by atoms with Crippen LogP contribution in [0.4, 0.5) is 0 Å². The number of rotatable bonds is 2. The standard InChI is InChI=1S/C13H14/c1-4-8-12-9-6-7-10-13(12)11(3)5-2/h2,4,6-11H,1,3H3/b8-4-. The number of benzene rings is 1. The largest absolute Gasteiger partial charge is 0.119 e. The Morgan fingerprint density at radius 3 is 2.69 bits per heavy atom. The fourth-order valence-corrected chi connectivity index (χ4v) is 1.33. The van der Waals surface area contributed by atoms with E-state index >= 15 is 0 Å². The van der Waals surface area contributed by atoms with E-state index < -0.39 is 0 Å². The van der Waals surface area contributed by atoms with Crippen LogP contribution in [0.15, 0.2) is 30.3 Å². The number of hydrogen-bond acceptors (Lipinski definition) is 0. The minimum absolute atomic E-state index is 0.187. The SMILES string of the molecule is C#CC(C)c1ccccc1/C=C\C. The van der Waals surface area contributed by atoms with Crippen molar-refractivity contribution < 1.29 is 0 Å². The molecule has 0 heteroatoms. The van der Waals surface area contributed by atoms with Crippen molar-refractivity contribution in [1.29, 1.82) is 0 Å². The molecule has 1 atom stereocenters. The van der Waals surface area contributed by atoms with Gasteiger partial charge in [-0.2, -0.15) is 0 Å². The lowest BCUT2D eigenvalue weighted by molar-refractivity contribution is 1.00. The normalized spacial score (nSPS) is 12.7. The zero-order valence-corrected chi connectivity index (χ0v) is 8.12. The molecule has 0 aliphatic rings. The lowest BCUT2D eigenvalue weighted by atomic mass is 9.96. The molecule has 0 saturated carbocycles. The van der Waals surface area contributed by atoms with E-state index in [4.69, 9.17) is 6.42 Å². The molecule has 0 bridgehead atoms. The summed E-state index contributed by atoms with van der Waals surface area (Å²) >= 11 is 0. The van der Waals surface area contributed by atoms with E-state index in [1.54, 1.807) is 0 Å². The summed E-state index contributed by atoms with van der Waals surface area (Å²) in [6.07, 6.45) is 9.51. The van der Waals surface area contributed by atoms with Gasteiger partial charge in [0.15, 0.2) is 0 Å². The van der Waals surface area contributed by atoms with Crippen molar-refractivity contribution >= 4 is 6.08 Å². The highest BCUT2D eigenvalue weighted by molar-refractivity contribution is 5.55. The minimum atomic E-state index is 0.187. The highest BCUT2D eigenvalue weighted by atomic mass is 14.1. The van der Waals surface area contributed by atoms with Crippen LogP contribution in [0.2, 0.25) is 0 Å². The molecule has 1 aromatic carbocycles. The van der Waals surface area contributed by atoms with Crippen LogP contribution in [0.25, 0.3) is 6.08 Å². The van der Waals surface area contributed by atoms with Crippen LogP contribution in [0.5, 0.6) is 0 Å². The molecule has 0 heterocycles. The van der Waals surface area contributed by atoms with Gasteiger partial charge in [0, 0.05) is 5.92 Å². The zero-order valence-electron chi connectivity index (χ0n) is 8.12. The fourth-order valence-electron chi connectivity index (χ4n) is 1.33. The second kappa shape index (κ2) is 4.52. The highest BCUT2D eigenvalue weighted by Gasteiger charge is 2.04. The lowest BCUT2D eigenvalue weighted by Gasteiger charge is -2.07. The molecule has 0 aliphatic carbocycles. The van der Waals surface area contributed by atoms with E-state index in [2.05, 4.69) is 24.1 Å². The third-order valence-electron chi connectivity index (χ3n) is 2.06. The molecule has 0 N–H and O–H groups in total. The van der Waals surface area contributed by atoms with Crippen molar-refractivity contribution in [2.24, 2.45) is 0 Å². The topological polar surface area (TPSA) is 0 Å². The molecule has 0 radical (unpaired) electrons. The highest BCUT2D eigenvalue weighted by Crippen LogP contribution is 2.19. The van der Waals surface area contributed by atoms with Gasteiger partial charge in [0.1, 0.15) is 0 Å². The van der Waals surface area contributed by atoms with Gasteiger partial charge < -0.3 is 0 Å². The maximum Gasteiger partial charge on any atom is 0.0427 e. The van der Waals surface area contributed by atoms with Crippen LogP contribution in [-0.2, 0) is 0 Å². The van der Waals surface area contributed by atoms with E-state index in [0.29, 0.717) is 0 Å². The zero-order chi connectivity index (χ0) is 9.68. The summed E-state index contributed by atoms with van der Waals surface area (Å²) < 4.78 is 0. The third-order valence-corrected chi connectivity index (χ3v) is 2.06. The van der Waals surface area contributed by atoms with Gasteiger partial charge in [-0.3, -0.25) is 0 Å². The van der Waals surface area contributed by atoms with Gasteiger partial charge >= 0.3 is 0 Å². The number of hydrogen-bond donors (Lipinski definition) is 0. The summed E-state index contributed by atoms with van der Waals surface area (Å²) in [6, 6.07) is 8.22. The van der Waals surface area contributed by atoms with Crippen molar-refractivity contribution in [3.05, 3.63) is 41.5 Å². The Morgan fingerprint density at radius 2 is 2.08 bits per heavy atom. The van der Waals surface area contributed by atoms with E-state index in [9.17, 15) is 0 Å². The first-order valence-corrected chi connectivity index (χ1v) is 4.47. The number of terminal acetylenes is 1. The maximum atomic E-state index is 5.40. The molecule has 1 aromatic rings. The van der Waals surface area contributed by atoms with Crippen molar-refractivity contribution in [3.63, 3.8) is 0 Å². The van der Waals surface area contributed by atoms with Gasteiger partial charge in [0.05, 0.1) is 0 Å². The van der Waals surface area contributed by atoms with Crippen LogP contribution in [0.3, 0.4) is 0 Å². The minimum Gasteiger partial charge on any atom is -0.119 e. The molecular weight excluding hydrogens is 156 g/mol. The molecule has 0 aliphatic heterocycles. The average Bonchev–Trinajstić information content (AvgIpc) is 2.18. The van der Waals surface area contributed by atoms with Gasteiger partial charge in [0.2, 0.25) is 0 Å². The predicted octanol–water partition coefficient (Wildman–Crippen LogP) is 3.46. The third kappa shape index (κ3) is 2.23. The van der Waals surface area contributed by atoms with Gasteiger partial charge in [0.25, 0.3) is 0 Å². The van der Waals surface area contributed by atoms with Crippen molar-refractivity contribution in [2.45, 2.75) is 19.8 Å². The molecule has 0 nitrogen and oxygen atoms in total. The van der Waals surface area contributed by atoms with Gasteiger partial charge in [-0.15, -0.1) is 6.42 Å². The van der Waals surface area contributed by atoms with Gasteiger partial charge in [-0.25, -0.2) is 0 Å². The van der Waals surface area contributed by atoms with E-state index in [-0.39, 0.29) is 5.92 Å². The summed E-state index contributed by atoms with van der Waals surface area (Å²) in [4.78, 5) is 0. The Hall–Kier alpha value is -1.48. The number of allylic oxidation sites excluding steroid dienone is 1. The molecule has 1 unspecified atom stereocenters. The van der Waals surface area contributed by atoms with E-state index in [0.717, 1.165) is 0 Å². The molecule has 0 aromatic heterocycles. The van der Waals surface area contributed by atoms with Crippen molar-refractivity contribution in [3.8, 4) is 12.3 Å². The second-order valence-electron chi connectivity index (χ2n) is 3.02. The van der Waals surface area contributed by atoms with Crippen molar-refractivity contribution in [2.75, 3.05) is 0 Å². The second-order valence-corrected chi connectivity index (χ2v) is 3.02. The maximum absolute atomic E-state index is 5.40. The summed E-state index contributed by atoms with van der Waals surface area (Å²) in [5.74, 6) is 2.93. The summed E-state index contributed by atoms with van der Waals surface area (Å²) in [5.41, 5.74) is 2.44. The molecular formula is C13H14. The summed E-state index contributed by atoms with van der Waals surface area (Å²) in [5, 5.41) is 0. The van der Waals surface area contributed by atoms with Crippen LogP contribution >= 0.6 is 0 Å². The summed E-state index contributed by atoms with van der Waals surface area (Å²) in [7, 11) is 0. The Labute approximate surface area is 80.3 Å². The van der Waals surface area contributed by atoms with E-state index in [1.807, 2.05) is 32.1 Å².